The Balaban J connectivity index is 2.24. The zero-order valence-corrected chi connectivity index (χ0v) is 11.8. The maximum absolute atomic E-state index is 11.9. The first-order valence-electron chi connectivity index (χ1n) is 7.23. The Morgan fingerprint density at radius 3 is 2.83 bits per heavy atom. The van der Waals surface area contributed by atoms with Gasteiger partial charge in [-0.25, -0.2) is 0 Å². The number of nitrogens with one attached hydrogen (secondary N) is 1. The van der Waals surface area contributed by atoms with Crippen LogP contribution in [0.15, 0.2) is 0 Å². The lowest BCUT2D eigenvalue weighted by Crippen LogP contribution is -2.40. The third-order valence-electron chi connectivity index (χ3n) is 4.03. The van der Waals surface area contributed by atoms with Crippen LogP contribution in [-0.4, -0.2) is 31.7 Å². The molecule has 0 bridgehead atoms. The van der Waals surface area contributed by atoms with Crippen LogP contribution in [0.3, 0.4) is 0 Å². The summed E-state index contributed by atoms with van der Waals surface area (Å²) in [4.78, 5) is 11.9. The summed E-state index contributed by atoms with van der Waals surface area (Å²) >= 11 is 0. The van der Waals surface area contributed by atoms with Gasteiger partial charge in [0, 0.05) is 13.5 Å². The molecule has 0 aromatic carbocycles. The molecule has 1 fully saturated rings. The molecule has 0 spiro atoms. The fraction of sp³-hybridized carbons (Fsp3) is 0.929. The third kappa shape index (κ3) is 4.94. The number of amides is 1. The van der Waals surface area contributed by atoms with Crippen molar-refractivity contribution in [2.45, 2.75) is 64.0 Å². The minimum absolute atomic E-state index is 0.166. The third-order valence-corrected chi connectivity index (χ3v) is 4.03. The van der Waals surface area contributed by atoms with E-state index in [1.54, 1.807) is 7.11 Å². The van der Waals surface area contributed by atoms with E-state index in [4.69, 9.17) is 10.5 Å². The van der Waals surface area contributed by atoms with Gasteiger partial charge in [-0.05, 0) is 44.6 Å². The summed E-state index contributed by atoms with van der Waals surface area (Å²) in [5, 5.41) is 3.11. The molecule has 1 saturated carbocycles. The average molecular weight is 256 g/mol. The second kappa shape index (κ2) is 8.48. The molecule has 3 N–H and O–H groups in total. The summed E-state index contributed by atoms with van der Waals surface area (Å²) in [5.74, 6) is 0.752. The zero-order chi connectivity index (χ0) is 13.4. The van der Waals surface area contributed by atoms with E-state index < -0.39 is 0 Å². The molecular formula is C14H28N2O2. The Kier molecular flexibility index (Phi) is 7.28. The van der Waals surface area contributed by atoms with E-state index in [0.29, 0.717) is 18.9 Å². The Morgan fingerprint density at radius 2 is 2.22 bits per heavy atom. The smallest absolute Gasteiger partial charge is 0.220 e. The summed E-state index contributed by atoms with van der Waals surface area (Å²) in [7, 11) is 1.73. The van der Waals surface area contributed by atoms with Gasteiger partial charge in [-0.15, -0.1) is 0 Å². The highest BCUT2D eigenvalue weighted by Gasteiger charge is 2.28. The number of nitrogens with two attached hydrogens (primary N) is 1. The zero-order valence-electron chi connectivity index (χ0n) is 11.8. The lowest BCUT2D eigenvalue weighted by molar-refractivity contribution is -0.122. The number of methoxy groups -OCH3 is 1. The van der Waals surface area contributed by atoms with E-state index in [1.165, 1.54) is 0 Å². The molecule has 106 valence electrons. The van der Waals surface area contributed by atoms with Gasteiger partial charge in [0.05, 0.1) is 12.1 Å². The van der Waals surface area contributed by atoms with Crippen LogP contribution < -0.4 is 11.1 Å². The second-order valence-electron chi connectivity index (χ2n) is 5.27. The van der Waals surface area contributed by atoms with Gasteiger partial charge in [-0.3, -0.25) is 4.79 Å². The molecule has 1 aliphatic rings. The molecule has 0 aliphatic heterocycles. The molecule has 1 aliphatic carbocycles. The maximum Gasteiger partial charge on any atom is 0.220 e. The Bertz CT molecular complexity index is 246. The minimum Gasteiger partial charge on any atom is -0.379 e. The summed E-state index contributed by atoms with van der Waals surface area (Å²) in [5.41, 5.74) is 5.56. The summed E-state index contributed by atoms with van der Waals surface area (Å²) < 4.78 is 5.38. The summed E-state index contributed by atoms with van der Waals surface area (Å²) in [6.07, 6.45) is 7.16. The summed E-state index contributed by atoms with van der Waals surface area (Å²) in [6, 6.07) is 0.220. The topological polar surface area (TPSA) is 64.4 Å². The number of carbonyl (C=O) groups is 1. The van der Waals surface area contributed by atoms with Gasteiger partial charge in [0.15, 0.2) is 0 Å². The molecule has 1 rings (SSSR count). The van der Waals surface area contributed by atoms with E-state index in [0.717, 1.165) is 38.5 Å². The Labute approximate surface area is 111 Å². The van der Waals surface area contributed by atoms with Crippen LogP contribution in [0.1, 0.15) is 51.9 Å². The van der Waals surface area contributed by atoms with Gasteiger partial charge < -0.3 is 15.8 Å². The van der Waals surface area contributed by atoms with Crippen LogP contribution >= 0.6 is 0 Å². The highest BCUT2D eigenvalue weighted by molar-refractivity contribution is 5.76. The van der Waals surface area contributed by atoms with Gasteiger partial charge >= 0.3 is 0 Å². The number of ether oxygens (including phenoxy) is 1. The van der Waals surface area contributed by atoms with Crippen molar-refractivity contribution in [3.8, 4) is 0 Å². The van der Waals surface area contributed by atoms with Crippen molar-refractivity contribution in [1.82, 2.24) is 5.32 Å². The first kappa shape index (κ1) is 15.4. The Morgan fingerprint density at radius 1 is 1.44 bits per heavy atom. The first-order valence-corrected chi connectivity index (χ1v) is 7.23. The fourth-order valence-corrected chi connectivity index (χ4v) is 2.78. The summed E-state index contributed by atoms with van der Waals surface area (Å²) in [6.45, 7) is 2.88. The molecular weight excluding hydrogens is 228 g/mol. The number of rotatable bonds is 8. The van der Waals surface area contributed by atoms with Gasteiger partial charge in [-0.1, -0.05) is 13.3 Å². The molecule has 4 heteroatoms. The number of carbonyl (C=O) groups excluding carboxylic acids is 1. The quantitative estimate of drug-likeness (QED) is 0.696. The molecule has 0 aromatic rings. The second-order valence-corrected chi connectivity index (χ2v) is 5.27. The molecule has 1 amide bonds. The van der Waals surface area contributed by atoms with Crippen molar-refractivity contribution in [3.05, 3.63) is 0 Å². The molecule has 0 heterocycles. The van der Waals surface area contributed by atoms with Crippen molar-refractivity contribution in [2.75, 3.05) is 13.7 Å². The lowest BCUT2D eigenvalue weighted by Gasteiger charge is -2.20. The standard InChI is InChI=1S/C14H28N2O2/c1-3-11(9-10-15)7-8-14(17)16-12-5-4-6-13(12)18-2/h11-13H,3-10,15H2,1-2H3,(H,16,17). The molecule has 3 unspecified atom stereocenters. The predicted molar refractivity (Wildman–Crippen MR) is 73.3 cm³/mol. The minimum atomic E-state index is 0.166. The molecule has 3 atom stereocenters. The van der Waals surface area contributed by atoms with E-state index in [-0.39, 0.29) is 18.1 Å². The fourth-order valence-electron chi connectivity index (χ4n) is 2.78. The monoisotopic (exact) mass is 256 g/mol. The normalized spacial score (nSPS) is 25.1. The van der Waals surface area contributed by atoms with Gasteiger partial charge in [0.25, 0.3) is 0 Å². The van der Waals surface area contributed by atoms with Gasteiger partial charge in [-0.2, -0.15) is 0 Å². The van der Waals surface area contributed by atoms with Crippen molar-refractivity contribution < 1.29 is 9.53 Å². The first-order chi connectivity index (χ1) is 8.71. The molecule has 0 radical (unpaired) electrons. The largest absolute Gasteiger partial charge is 0.379 e. The lowest BCUT2D eigenvalue weighted by atomic mass is 9.96. The highest BCUT2D eigenvalue weighted by Crippen LogP contribution is 2.22. The van der Waals surface area contributed by atoms with E-state index in [9.17, 15) is 4.79 Å². The molecule has 18 heavy (non-hydrogen) atoms. The van der Waals surface area contributed by atoms with Crippen LogP contribution in [0.5, 0.6) is 0 Å². The van der Waals surface area contributed by atoms with Crippen molar-refractivity contribution in [2.24, 2.45) is 11.7 Å². The molecule has 4 nitrogen and oxygen atoms in total. The van der Waals surface area contributed by atoms with E-state index in [2.05, 4.69) is 12.2 Å². The number of hydrogen-bond acceptors (Lipinski definition) is 3. The van der Waals surface area contributed by atoms with E-state index in [1.807, 2.05) is 0 Å². The van der Waals surface area contributed by atoms with Gasteiger partial charge in [0.2, 0.25) is 5.91 Å². The molecule has 0 saturated heterocycles. The molecule has 0 aromatic heterocycles. The van der Waals surface area contributed by atoms with Crippen LogP contribution in [0.2, 0.25) is 0 Å². The van der Waals surface area contributed by atoms with Crippen molar-refractivity contribution in [1.29, 1.82) is 0 Å². The van der Waals surface area contributed by atoms with Crippen LogP contribution in [0, 0.1) is 5.92 Å². The van der Waals surface area contributed by atoms with Crippen molar-refractivity contribution in [3.63, 3.8) is 0 Å². The Hall–Kier alpha value is -0.610. The highest BCUT2D eigenvalue weighted by atomic mass is 16.5. The van der Waals surface area contributed by atoms with Gasteiger partial charge in [0.1, 0.15) is 0 Å². The van der Waals surface area contributed by atoms with Crippen LogP contribution in [0.25, 0.3) is 0 Å². The van der Waals surface area contributed by atoms with Crippen LogP contribution in [0.4, 0.5) is 0 Å². The predicted octanol–water partition coefficient (Wildman–Crippen LogP) is 1.83. The average Bonchev–Trinajstić information content (AvgIpc) is 2.81. The SMILES string of the molecule is CCC(CCN)CCC(=O)NC1CCCC1OC. The maximum atomic E-state index is 11.9. The van der Waals surface area contributed by atoms with Crippen LogP contribution in [-0.2, 0) is 9.53 Å². The van der Waals surface area contributed by atoms with Crippen molar-refractivity contribution >= 4 is 5.91 Å². The van der Waals surface area contributed by atoms with E-state index >= 15 is 0 Å². The number of hydrogen-bond donors (Lipinski definition) is 2.